The maximum absolute atomic E-state index is 6.24. The third-order valence-corrected chi connectivity index (χ3v) is 3.78. The molecule has 0 fully saturated rings. The summed E-state index contributed by atoms with van der Waals surface area (Å²) in [6.07, 6.45) is 1.41. The zero-order chi connectivity index (χ0) is 15.9. The lowest BCUT2D eigenvalue weighted by Crippen LogP contribution is -2.13. The fraction of sp³-hybridized carbons (Fsp3) is 0.133. The van der Waals surface area contributed by atoms with Gasteiger partial charge in [0.25, 0.3) is 0 Å². The summed E-state index contributed by atoms with van der Waals surface area (Å²) in [4.78, 5) is 8.50. The molecule has 0 saturated carbocycles. The van der Waals surface area contributed by atoms with Crippen LogP contribution in [0.4, 0.5) is 11.6 Å². The maximum Gasteiger partial charge on any atom is 0.148 e. The van der Waals surface area contributed by atoms with Crippen LogP contribution in [0.3, 0.4) is 0 Å². The molecule has 0 aliphatic rings. The Kier molecular flexibility index (Phi) is 3.42. The third-order valence-electron chi connectivity index (χ3n) is 3.58. The number of rotatable bonds is 3. The van der Waals surface area contributed by atoms with E-state index in [9.17, 15) is 0 Å². The Balaban J connectivity index is 2.24. The van der Waals surface area contributed by atoms with E-state index in [0.717, 1.165) is 5.56 Å². The van der Waals surface area contributed by atoms with Gasteiger partial charge in [-0.1, -0.05) is 42.0 Å². The van der Waals surface area contributed by atoms with Gasteiger partial charge in [-0.05, 0) is 12.5 Å². The Bertz CT molecular complexity index is 883. The van der Waals surface area contributed by atoms with Gasteiger partial charge in [0.05, 0.1) is 17.5 Å². The van der Waals surface area contributed by atoms with Crippen LogP contribution < -0.4 is 17.2 Å². The second-order valence-electron chi connectivity index (χ2n) is 5.16. The Morgan fingerprint density at radius 3 is 2.73 bits per heavy atom. The second-order valence-corrected chi connectivity index (χ2v) is 5.60. The fourth-order valence-corrected chi connectivity index (χ4v) is 2.82. The van der Waals surface area contributed by atoms with Crippen LogP contribution >= 0.6 is 12.2 Å². The summed E-state index contributed by atoms with van der Waals surface area (Å²) < 4.78 is 1.86. The molecule has 3 aromatic rings. The zero-order valence-corrected chi connectivity index (χ0v) is 12.9. The van der Waals surface area contributed by atoms with Crippen LogP contribution in [0.5, 0.6) is 0 Å². The lowest BCUT2D eigenvalue weighted by molar-refractivity contribution is 0.833. The van der Waals surface area contributed by atoms with Crippen LogP contribution in [0.25, 0.3) is 11.0 Å². The molecule has 6 nitrogen and oxygen atoms in total. The number of benzene rings is 1. The molecule has 0 bridgehead atoms. The molecule has 0 unspecified atom stereocenters. The van der Waals surface area contributed by atoms with Gasteiger partial charge in [0.1, 0.15) is 28.6 Å². The highest BCUT2D eigenvalue weighted by molar-refractivity contribution is 7.80. The van der Waals surface area contributed by atoms with Gasteiger partial charge >= 0.3 is 0 Å². The Labute approximate surface area is 133 Å². The van der Waals surface area contributed by atoms with E-state index in [4.69, 9.17) is 29.4 Å². The van der Waals surface area contributed by atoms with Crippen molar-refractivity contribution < 1.29 is 0 Å². The van der Waals surface area contributed by atoms with Gasteiger partial charge < -0.3 is 21.8 Å². The minimum atomic E-state index is 0.187. The monoisotopic (exact) mass is 312 g/mol. The van der Waals surface area contributed by atoms with Crippen molar-refractivity contribution in [2.24, 2.45) is 5.73 Å². The summed E-state index contributed by atoms with van der Waals surface area (Å²) in [6.45, 7) is 2.60. The van der Waals surface area contributed by atoms with E-state index in [0.29, 0.717) is 34.8 Å². The predicted molar refractivity (Wildman–Crippen MR) is 92.5 cm³/mol. The number of hydrogen-bond acceptors (Lipinski definition) is 5. The van der Waals surface area contributed by atoms with Crippen LogP contribution in [0, 0.1) is 6.92 Å². The first-order chi connectivity index (χ1) is 10.5. The fourth-order valence-electron chi connectivity index (χ4n) is 2.61. The van der Waals surface area contributed by atoms with E-state index in [-0.39, 0.29) is 4.99 Å². The molecule has 7 heteroatoms. The third kappa shape index (κ3) is 2.25. The number of thiocarbonyl (C=S) groups is 1. The predicted octanol–water partition coefficient (Wildman–Crippen LogP) is 1.59. The van der Waals surface area contributed by atoms with E-state index in [1.807, 2.05) is 29.7 Å². The molecule has 2 aromatic heterocycles. The van der Waals surface area contributed by atoms with Crippen LogP contribution in [0.15, 0.2) is 30.6 Å². The van der Waals surface area contributed by atoms with Gasteiger partial charge in [-0.3, -0.25) is 0 Å². The average molecular weight is 312 g/mol. The Morgan fingerprint density at radius 2 is 2.05 bits per heavy atom. The van der Waals surface area contributed by atoms with Crippen LogP contribution in [0.2, 0.25) is 0 Å². The summed E-state index contributed by atoms with van der Waals surface area (Å²) in [7, 11) is 0. The minimum Gasteiger partial charge on any atom is -0.389 e. The summed E-state index contributed by atoms with van der Waals surface area (Å²) in [5.74, 6) is 0.777. The number of nitrogen functional groups attached to an aromatic ring is 2. The molecule has 6 N–H and O–H groups in total. The van der Waals surface area contributed by atoms with Crippen molar-refractivity contribution in [3.8, 4) is 0 Å². The average Bonchev–Trinajstić information content (AvgIpc) is 2.74. The van der Waals surface area contributed by atoms with E-state index in [1.165, 1.54) is 11.9 Å². The number of aryl methyl sites for hydroxylation is 1. The molecule has 112 valence electrons. The molecule has 1 aromatic carbocycles. The first kappa shape index (κ1) is 14.3. The van der Waals surface area contributed by atoms with Crippen molar-refractivity contribution in [2.45, 2.75) is 13.5 Å². The Hall–Kier alpha value is -2.67. The molecule has 0 aliphatic heterocycles. The minimum absolute atomic E-state index is 0.187. The van der Waals surface area contributed by atoms with Gasteiger partial charge in [0, 0.05) is 0 Å². The summed E-state index contributed by atoms with van der Waals surface area (Å²) in [5, 5.41) is 0.611. The number of aromatic nitrogens is 3. The molecule has 0 spiro atoms. The SMILES string of the molecule is Cc1cccc(Cn2c(N)c(C(N)=S)c3c(N)ncnc32)c1. The molecule has 0 radical (unpaired) electrons. The van der Waals surface area contributed by atoms with E-state index < -0.39 is 0 Å². The van der Waals surface area contributed by atoms with Crippen molar-refractivity contribution in [3.63, 3.8) is 0 Å². The molecule has 0 aliphatic carbocycles. The van der Waals surface area contributed by atoms with Gasteiger partial charge in [0.15, 0.2) is 0 Å². The lowest BCUT2D eigenvalue weighted by atomic mass is 10.1. The van der Waals surface area contributed by atoms with Crippen molar-refractivity contribution in [1.29, 1.82) is 0 Å². The van der Waals surface area contributed by atoms with Gasteiger partial charge in [-0.25, -0.2) is 9.97 Å². The van der Waals surface area contributed by atoms with Crippen molar-refractivity contribution in [2.75, 3.05) is 11.5 Å². The molecule has 0 amide bonds. The van der Waals surface area contributed by atoms with Crippen molar-refractivity contribution in [3.05, 3.63) is 47.3 Å². The van der Waals surface area contributed by atoms with Gasteiger partial charge in [-0.15, -0.1) is 0 Å². The highest BCUT2D eigenvalue weighted by atomic mass is 32.1. The number of hydrogen-bond donors (Lipinski definition) is 3. The van der Waals surface area contributed by atoms with E-state index >= 15 is 0 Å². The van der Waals surface area contributed by atoms with Crippen LogP contribution in [-0.4, -0.2) is 19.5 Å². The van der Waals surface area contributed by atoms with E-state index in [2.05, 4.69) is 16.0 Å². The van der Waals surface area contributed by atoms with Gasteiger partial charge in [-0.2, -0.15) is 0 Å². The molecule has 3 rings (SSSR count). The molecule has 22 heavy (non-hydrogen) atoms. The molecule has 0 saturated heterocycles. The summed E-state index contributed by atoms with van der Waals surface area (Å²) >= 11 is 5.11. The zero-order valence-electron chi connectivity index (χ0n) is 12.1. The van der Waals surface area contributed by atoms with Gasteiger partial charge in [0.2, 0.25) is 0 Å². The Morgan fingerprint density at radius 1 is 1.27 bits per heavy atom. The second kappa shape index (κ2) is 5.27. The molecule has 0 atom stereocenters. The standard InChI is InChI=1S/C15H16N6S/c1-8-3-2-4-9(5-8)6-21-13(17)11(14(18)22)10-12(16)19-7-20-15(10)21/h2-5,7H,6,17H2,1H3,(H2,18,22)(H2,16,19,20). The highest BCUT2D eigenvalue weighted by Gasteiger charge is 2.20. The number of fused-ring (bicyclic) bond motifs is 1. The first-order valence-corrected chi connectivity index (χ1v) is 7.13. The van der Waals surface area contributed by atoms with Crippen LogP contribution in [-0.2, 0) is 6.54 Å². The number of nitrogens with two attached hydrogens (primary N) is 3. The maximum atomic E-state index is 6.24. The van der Waals surface area contributed by atoms with Crippen molar-refractivity contribution >= 4 is 39.9 Å². The first-order valence-electron chi connectivity index (χ1n) is 6.72. The summed E-state index contributed by atoms with van der Waals surface area (Å²) in [6, 6.07) is 8.17. The quantitative estimate of drug-likeness (QED) is 0.634. The van der Waals surface area contributed by atoms with Crippen molar-refractivity contribution in [1.82, 2.24) is 14.5 Å². The van der Waals surface area contributed by atoms with E-state index in [1.54, 1.807) is 0 Å². The number of nitrogens with zero attached hydrogens (tertiary/aromatic N) is 3. The number of anilines is 2. The largest absolute Gasteiger partial charge is 0.389 e. The summed E-state index contributed by atoms with van der Waals surface area (Å²) in [5.41, 5.74) is 21.5. The normalized spacial score (nSPS) is 11.0. The van der Waals surface area contributed by atoms with Crippen LogP contribution in [0.1, 0.15) is 16.7 Å². The molecular formula is C15H16N6S. The molecular weight excluding hydrogens is 296 g/mol. The molecule has 2 heterocycles. The lowest BCUT2D eigenvalue weighted by Gasteiger charge is -2.08. The topological polar surface area (TPSA) is 109 Å². The smallest absolute Gasteiger partial charge is 0.148 e. The highest BCUT2D eigenvalue weighted by Crippen LogP contribution is 2.30.